The fourth-order valence-corrected chi connectivity index (χ4v) is 2.30. The third kappa shape index (κ3) is 2.33. The molecule has 0 bridgehead atoms. The zero-order valence-electron chi connectivity index (χ0n) is 10.8. The number of likely N-dealkylation sites (N-methyl/N-ethyl adjacent to an activating group) is 1. The highest BCUT2D eigenvalue weighted by atomic mass is 15.0. The van der Waals surface area contributed by atoms with Crippen molar-refractivity contribution in [2.75, 3.05) is 7.05 Å². The predicted octanol–water partition coefficient (Wildman–Crippen LogP) is 1.87. The van der Waals surface area contributed by atoms with Crippen LogP contribution in [0.5, 0.6) is 0 Å². The molecule has 1 atom stereocenters. The molecule has 1 heterocycles. The minimum Gasteiger partial charge on any atom is -0.342 e. The van der Waals surface area contributed by atoms with Crippen LogP contribution in [0.15, 0.2) is 18.2 Å². The first kappa shape index (κ1) is 12.1. The minimum atomic E-state index is -0.308. The summed E-state index contributed by atoms with van der Waals surface area (Å²) in [6, 6.07) is 6.35. The van der Waals surface area contributed by atoms with E-state index >= 15 is 0 Å². The molecule has 0 saturated carbocycles. The Hall–Kier alpha value is -1.39. The zero-order chi connectivity index (χ0) is 12.6. The van der Waals surface area contributed by atoms with Gasteiger partial charge in [0.25, 0.3) is 0 Å². The Morgan fingerprint density at radius 3 is 2.71 bits per heavy atom. The van der Waals surface area contributed by atoms with Gasteiger partial charge in [0.15, 0.2) is 0 Å². The van der Waals surface area contributed by atoms with Gasteiger partial charge in [0.05, 0.1) is 11.0 Å². The smallest absolute Gasteiger partial charge is 0.104 e. The van der Waals surface area contributed by atoms with Crippen molar-refractivity contribution < 1.29 is 0 Å². The summed E-state index contributed by atoms with van der Waals surface area (Å²) >= 11 is 0. The Kier molecular flexibility index (Phi) is 2.93. The molecule has 0 amide bonds. The number of imidazole rings is 1. The second kappa shape index (κ2) is 4.13. The van der Waals surface area contributed by atoms with Gasteiger partial charge in [-0.15, -0.1) is 0 Å². The highest BCUT2D eigenvalue weighted by molar-refractivity contribution is 5.76. The number of aryl methyl sites for hydroxylation is 1. The molecule has 2 aromatic rings. The molecule has 0 fully saturated rings. The van der Waals surface area contributed by atoms with Crippen molar-refractivity contribution >= 4 is 11.0 Å². The monoisotopic (exact) mass is 232 g/mol. The second-order valence-corrected chi connectivity index (χ2v) is 5.14. The maximum Gasteiger partial charge on any atom is 0.104 e. The molecule has 0 saturated heterocycles. The van der Waals surface area contributed by atoms with Crippen LogP contribution in [0.1, 0.15) is 31.3 Å². The van der Waals surface area contributed by atoms with Gasteiger partial charge in [-0.05, 0) is 45.5 Å². The van der Waals surface area contributed by atoms with Gasteiger partial charge in [0.1, 0.15) is 5.82 Å². The van der Waals surface area contributed by atoms with Crippen LogP contribution < -0.4 is 11.1 Å². The van der Waals surface area contributed by atoms with E-state index in [1.807, 2.05) is 33.9 Å². The number of aromatic nitrogens is 2. The molecular weight excluding hydrogens is 212 g/mol. The maximum absolute atomic E-state index is 6.18. The molecule has 92 valence electrons. The molecule has 1 aromatic carbocycles. The van der Waals surface area contributed by atoms with Gasteiger partial charge in [-0.25, -0.2) is 4.98 Å². The van der Waals surface area contributed by atoms with Gasteiger partial charge in [0.2, 0.25) is 0 Å². The molecule has 1 unspecified atom stereocenters. The number of rotatable bonds is 3. The summed E-state index contributed by atoms with van der Waals surface area (Å²) in [4.78, 5) is 7.64. The fraction of sp³-hybridized carbons (Fsp3) is 0.462. The van der Waals surface area contributed by atoms with Crippen LogP contribution in [0.4, 0.5) is 0 Å². The van der Waals surface area contributed by atoms with Crippen LogP contribution in [0.25, 0.3) is 11.0 Å². The number of aromatic amines is 1. The first-order valence-corrected chi connectivity index (χ1v) is 5.84. The van der Waals surface area contributed by atoms with E-state index in [1.165, 1.54) is 5.56 Å². The number of hydrogen-bond donors (Lipinski definition) is 3. The molecule has 0 radical (unpaired) electrons. The summed E-state index contributed by atoms with van der Waals surface area (Å²) in [5.41, 5.74) is 9.11. The van der Waals surface area contributed by atoms with Gasteiger partial charge in [-0.2, -0.15) is 0 Å². The Morgan fingerprint density at radius 2 is 2.12 bits per heavy atom. The van der Waals surface area contributed by atoms with Crippen molar-refractivity contribution in [1.29, 1.82) is 0 Å². The van der Waals surface area contributed by atoms with Gasteiger partial charge in [-0.3, -0.25) is 0 Å². The number of nitrogens with two attached hydrogens (primary N) is 1. The first-order chi connectivity index (χ1) is 7.91. The molecule has 0 aliphatic carbocycles. The van der Waals surface area contributed by atoms with E-state index in [1.54, 1.807) is 0 Å². The molecule has 4 heteroatoms. The van der Waals surface area contributed by atoms with E-state index in [9.17, 15) is 0 Å². The Balaban J connectivity index is 2.47. The van der Waals surface area contributed by atoms with E-state index in [0.29, 0.717) is 0 Å². The summed E-state index contributed by atoms with van der Waals surface area (Å²) in [7, 11) is 1.93. The van der Waals surface area contributed by atoms with E-state index in [4.69, 9.17) is 5.73 Å². The first-order valence-electron chi connectivity index (χ1n) is 5.84. The Morgan fingerprint density at radius 1 is 1.41 bits per heavy atom. The average molecular weight is 232 g/mol. The number of benzene rings is 1. The van der Waals surface area contributed by atoms with Crippen LogP contribution in [0, 0.1) is 6.92 Å². The lowest BCUT2D eigenvalue weighted by Crippen LogP contribution is -2.45. The van der Waals surface area contributed by atoms with E-state index < -0.39 is 0 Å². The summed E-state index contributed by atoms with van der Waals surface area (Å²) in [6.45, 7) is 6.01. The van der Waals surface area contributed by atoms with Crippen LogP contribution in [0.3, 0.4) is 0 Å². The van der Waals surface area contributed by atoms with E-state index in [0.717, 1.165) is 16.9 Å². The zero-order valence-corrected chi connectivity index (χ0v) is 10.8. The number of nitrogens with one attached hydrogen (secondary N) is 2. The fourth-order valence-electron chi connectivity index (χ4n) is 2.30. The quantitative estimate of drug-likeness (QED) is 0.757. The van der Waals surface area contributed by atoms with E-state index in [-0.39, 0.29) is 11.6 Å². The summed E-state index contributed by atoms with van der Waals surface area (Å²) in [5.74, 6) is 0.935. The molecule has 4 nitrogen and oxygen atoms in total. The topological polar surface area (TPSA) is 66.7 Å². The van der Waals surface area contributed by atoms with Crippen molar-refractivity contribution in [3.63, 3.8) is 0 Å². The second-order valence-electron chi connectivity index (χ2n) is 5.14. The summed E-state index contributed by atoms with van der Waals surface area (Å²) in [5, 5.41) is 3.27. The summed E-state index contributed by atoms with van der Waals surface area (Å²) in [6.07, 6.45) is 0. The molecule has 2 rings (SSSR count). The van der Waals surface area contributed by atoms with Crippen molar-refractivity contribution in [3.05, 3.63) is 29.6 Å². The number of hydrogen-bond acceptors (Lipinski definition) is 3. The molecular formula is C13H20N4. The lowest BCUT2D eigenvalue weighted by Gasteiger charge is -2.30. The normalized spacial score (nSPS) is 14.2. The molecule has 17 heavy (non-hydrogen) atoms. The van der Waals surface area contributed by atoms with Crippen LogP contribution >= 0.6 is 0 Å². The van der Waals surface area contributed by atoms with Crippen LogP contribution in [-0.2, 0) is 0 Å². The van der Waals surface area contributed by atoms with Gasteiger partial charge in [0, 0.05) is 11.6 Å². The lowest BCUT2D eigenvalue weighted by molar-refractivity contribution is 0.370. The van der Waals surface area contributed by atoms with Crippen molar-refractivity contribution in [3.8, 4) is 0 Å². The minimum absolute atomic E-state index is 0.121. The largest absolute Gasteiger partial charge is 0.342 e. The standard InChI is InChI=1S/C13H20N4/c1-8-16-10-6-5-9(7-11(10)17-8)12(15-4)13(2,3)14/h5-7,12,15H,14H2,1-4H3,(H,16,17). The highest BCUT2D eigenvalue weighted by Gasteiger charge is 2.25. The van der Waals surface area contributed by atoms with Crippen molar-refractivity contribution in [1.82, 2.24) is 15.3 Å². The number of fused-ring (bicyclic) bond motifs is 1. The number of nitrogens with zero attached hydrogens (tertiary/aromatic N) is 1. The SMILES string of the molecule is CNC(c1ccc2nc(C)[nH]c2c1)C(C)(C)N. The molecule has 0 spiro atoms. The third-order valence-corrected chi connectivity index (χ3v) is 2.99. The Bertz CT molecular complexity index is 522. The highest BCUT2D eigenvalue weighted by Crippen LogP contribution is 2.25. The van der Waals surface area contributed by atoms with Crippen molar-refractivity contribution in [2.24, 2.45) is 5.73 Å². The lowest BCUT2D eigenvalue weighted by atomic mass is 9.89. The van der Waals surface area contributed by atoms with Crippen molar-refractivity contribution in [2.45, 2.75) is 32.4 Å². The number of H-pyrrole nitrogens is 1. The van der Waals surface area contributed by atoms with Gasteiger partial charge < -0.3 is 16.0 Å². The third-order valence-electron chi connectivity index (χ3n) is 2.99. The van der Waals surface area contributed by atoms with Gasteiger partial charge in [-0.1, -0.05) is 6.07 Å². The van der Waals surface area contributed by atoms with Gasteiger partial charge >= 0.3 is 0 Å². The Labute approximate surface area is 102 Å². The van der Waals surface area contributed by atoms with Crippen LogP contribution in [0.2, 0.25) is 0 Å². The molecule has 1 aromatic heterocycles. The predicted molar refractivity (Wildman–Crippen MR) is 70.9 cm³/mol. The maximum atomic E-state index is 6.18. The average Bonchev–Trinajstić information content (AvgIpc) is 2.56. The molecule has 0 aliphatic heterocycles. The molecule has 4 N–H and O–H groups in total. The van der Waals surface area contributed by atoms with Crippen LogP contribution in [-0.4, -0.2) is 22.6 Å². The molecule has 0 aliphatic rings. The summed E-state index contributed by atoms with van der Waals surface area (Å²) < 4.78 is 0. The van der Waals surface area contributed by atoms with E-state index in [2.05, 4.69) is 27.4 Å².